The van der Waals surface area contributed by atoms with Crippen LogP contribution in [-0.4, -0.2) is 17.6 Å². The van der Waals surface area contributed by atoms with E-state index in [1.807, 2.05) is 37.3 Å². The van der Waals surface area contributed by atoms with Gasteiger partial charge in [-0.25, -0.2) is 0 Å². The van der Waals surface area contributed by atoms with Crippen molar-refractivity contribution >= 4 is 11.6 Å². The molecule has 0 aliphatic heterocycles. The number of amides is 1. The number of hydrogen-bond donors (Lipinski definition) is 3. The molecule has 2 aromatic rings. The summed E-state index contributed by atoms with van der Waals surface area (Å²) < 4.78 is 0. The average Bonchev–Trinajstić information content (AvgIpc) is 2.54. The fourth-order valence-corrected chi connectivity index (χ4v) is 2.04. The molecule has 4 nitrogen and oxygen atoms in total. The molecule has 0 bridgehead atoms. The number of para-hydroxylation sites is 1. The summed E-state index contributed by atoms with van der Waals surface area (Å²) in [4.78, 5) is 12.2. The summed E-state index contributed by atoms with van der Waals surface area (Å²) in [5, 5.41) is 16.1. The van der Waals surface area contributed by atoms with Crippen LogP contribution in [0.1, 0.15) is 24.2 Å². The number of hydrogen-bond acceptors (Lipinski definition) is 3. The summed E-state index contributed by atoms with van der Waals surface area (Å²) >= 11 is 0. The summed E-state index contributed by atoms with van der Waals surface area (Å²) in [6, 6.07) is 16.5. The predicted molar refractivity (Wildman–Crippen MR) is 83.9 cm³/mol. The lowest BCUT2D eigenvalue weighted by Gasteiger charge is -2.14. The molecular weight excluding hydrogens is 264 g/mol. The molecular formula is C17H20N2O2. The minimum absolute atomic E-state index is 0.426. The van der Waals surface area contributed by atoms with Gasteiger partial charge in [0.1, 0.15) is 0 Å². The SMILES string of the molecule is CCNCc1ccccc1NC(=O)C(O)c1ccccc1. The molecule has 0 spiro atoms. The highest BCUT2D eigenvalue weighted by Crippen LogP contribution is 2.19. The first-order valence-corrected chi connectivity index (χ1v) is 7.05. The van der Waals surface area contributed by atoms with Crippen LogP contribution in [0.5, 0.6) is 0 Å². The van der Waals surface area contributed by atoms with Crippen molar-refractivity contribution in [2.24, 2.45) is 0 Å². The van der Waals surface area contributed by atoms with Crippen molar-refractivity contribution in [1.82, 2.24) is 5.32 Å². The van der Waals surface area contributed by atoms with E-state index in [-0.39, 0.29) is 0 Å². The lowest BCUT2D eigenvalue weighted by Crippen LogP contribution is -2.22. The summed E-state index contributed by atoms with van der Waals surface area (Å²) in [6.07, 6.45) is -1.17. The number of aliphatic hydroxyl groups is 1. The average molecular weight is 284 g/mol. The van der Waals surface area contributed by atoms with E-state index in [0.29, 0.717) is 12.1 Å². The minimum Gasteiger partial charge on any atom is -0.378 e. The van der Waals surface area contributed by atoms with Crippen LogP contribution < -0.4 is 10.6 Å². The minimum atomic E-state index is -1.17. The zero-order valence-electron chi connectivity index (χ0n) is 12.0. The number of benzene rings is 2. The highest BCUT2D eigenvalue weighted by Gasteiger charge is 2.17. The third kappa shape index (κ3) is 4.15. The highest BCUT2D eigenvalue weighted by molar-refractivity contribution is 5.95. The van der Waals surface area contributed by atoms with Crippen molar-refractivity contribution in [2.45, 2.75) is 19.6 Å². The van der Waals surface area contributed by atoms with Crippen molar-refractivity contribution in [2.75, 3.05) is 11.9 Å². The molecule has 0 aliphatic rings. The third-order valence-electron chi connectivity index (χ3n) is 3.20. The van der Waals surface area contributed by atoms with E-state index < -0.39 is 12.0 Å². The molecule has 21 heavy (non-hydrogen) atoms. The van der Waals surface area contributed by atoms with Crippen LogP contribution in [0.3, 0.4) is 0 Å². The van der Waals surface area contributed by atoms with Crippen LogP contribution in [0.2, 0.25) is 0 Å². The van der Waals surface area contributed by atoms with E-state index in [1.165, 1.54) is 0 Å². The Morgan fingerprint density at radius 1 is 1.10 bits per heavy atom. The third-order valence-corrected chi connectivity index (χ3v) is 3.20. The van der Waals surface area contributed by atoms with Crippen LogP contribution in [0.25, 0.3) is 0 Å². The Morgan fingerprint density at radius 2 is 1.76 bits per heavy atom. The Hall–Kier alpha value is -2.17. The lowest BCUT2D eigenvalue weighted by atomic mass is 10.1. The lowest BCUT2D eigenvalue weighted by molar-refractivity contribution is -0.124. The number of aliphatic hydroxyl groups excluding tert-OH is 1. The number of anilines is 1. The van der Waals surface area contributed by atoms with Crippen LogP contribution in [0, 0.1) is 0 Å². The molecule has 110 valence electrons. The number of rotatable bonds is 6. The molecule has 0 fully saturated rings. The molecule has 1 unspecified atom stereocenters. The number of carbonyl (C=O) groups excluding carboxylic acids is 1. The smallest absolute Gasteiger partial charge is 0.257 e. The summed E-state index contributed by atoms with van der Waals surface area (Å²) in [5.74, 6) is -0.426. The van der Waals surface area contributed by atoms with Gasteiger partial charge >= 0.3 is 0 Å². The maximum Gasteiger partial charge on any atom is 0.257 e. The van der Waals surface area contributed by atoms with Crippen molar-refractivity contribution < 1.29 is 9.90 Å². The van der Waals surface area contributed by atoms with E-state index in [0.717, 1.165) is 17.8 Å². The largest absolute Gasteiger partial charge is 0.378 e. The number of carbonyl (C=O) groups is 1. The molecule has 2 rings (SSSR count). The molecule has 0 heterocycles. The predicted octanol–water partition coefficient (Wildman–Crippen LogP) is 2.47. The van der Waals surface area contributed by atoms with Crippen molar-refractivity contribution in [3.63, 3.8) is 0 Å². The van der Waals surface area contributed by atoms with Gasteiger partial charge in [0.05, 0.1) is 0 Å². The van der Waals surface area contributed by atoms with E-state index in [4.69, 9.17) is 0 Å². The quantitative estimate of drug-likeness (QED) is 0.763. The van der Waals surface area contributed by atoms with E-state index >= 15 is 0 Å². The monoisotopic (exact) mass is 284 g/mol. The Kier molecular flexibility index (Phi) is 5.49. The zero-order valence-corrected chi connectivity index (χ0v) is 12.0. The molecule has 0 aromatic heterocycles. The Labute approximate surface area is 124 Å². The molecule has 0 aliphatic carbocycles. The van der Waals surface area contributed by atoms with E-state index in [1.54, 1.807) is 24.3 Å². The van der Waals surface area contributed by atoms with Gasteiger partial charge in [0.15, 0.2) is 6.10 Å². The molecule has 0 saturated heterocycles. The van der Waals surface area contributed by atoms with Gasteiger partial charge in [0.25, 0.3) is 5.91 Å². The van der Waals surface area contributed by atoms with Crippen molar-refractivity contribution in [3.05, 3.63) is 65.7 Å². The van der Waals surface area contributed by atoms with Crippen LogP contribution in [-0.2, 0) is 11.3 Å². The summed E-state index contributed by atoms with van der Waals surface area (Å²) in [5.41, 5.74) is 2.30. The van der Waals surface area contributed by atoms with Crippen LogP contribution in [0.4, 0.5) is 5.69 Å². The normalized spacial score (nSPS) is 11.9. The topological polar surface area (TPSA) is 61.4 Å². The van der Waals surface area contributed by atoms with Gasteiger partial charge in [-0.05, 0) is 23.7 Å². The first kappa shape index (κ1) is 15.2. The van der Waals surface area contributed by atoms with Gasteiger partial charge in [-0.15, -0.1) is 0 Å². The Morgan fingerprint density at radius 3 is 2.48 bits per heavy atom. The van der Waals surface area contributed by atoms with E-state index in [2.05, 4.69) is 10.6 Å². The first-order valence-electron chi connectivity index (χ1n) is 7.05. The highest BCUT2D eigenvalue weighted by atomic mass is 16.3. The van der Waals surface area contributed by atoms with Gasteiger partial charge in [-0.1, -0.05) is 55.5 Å². The van der Waals surface area contributed by atoms with Gasteiger partial charge in [-0.2, -0.15) is 0 Å². The molecule has 3 N–H and O–H groups in total. The van der Waals surface area contributed by atoms with E-state index in [9.17, 15) is 9.90 Å². The molecule has 1 atom stereocenters. The van der Waals surface area contributed by atoms with Crippen LogP contribution in [0.15, 0.2) is 54.6 Å². The second-order valence-electron chi connectivity index (χ2n) is 4.74. The Bertz CT molecular complexity index is 584. The molecule has 2 aromatic carbocycles. The molecule has 0 saturated carbocycles. The fourth-order valence-electron chi connectivity index (χ4n) is 2.04. The Balaban J connectivity index is 2.09. The second kappa shape index (κ2) is 7.57. The van der Waals surface area contributed by atoms with Crippen molar-refractivity contribution in [3.8, 4) is 0 Å². The standard InChI is InChI=1S/C17H20N2O2/c1-2-18-12-14-10-6-7-11-15(14)19-17(21)16(20)13-8-4-3-5-9-13/h3-11,16,18,20H,2,12H2,1H3,(H,19,21). The van der Waals surface area contributed by atoms with Crippen LogP contribution >= 0.6 is 0 Å². The van der Waals surface area contributed by atoms with Gasteiger partial charge in [0, 0.05) is 12.2 Å². The molecule has 4 heteroatoms. The maximum atomic E-state index is 12.2. The summed E-state index contributed by atoms with van der Waals surface area (Å²) in [6.45, 7) is 3.56. The fraction of sp³-hybridized carbons (Fsp3) is 0.235. The first-order chi connectivity index (χ1) is 10.2. The van der Waals surface area contributed by atoms with Gasteiger partial charge in [-0.3, -0.25) is 4.79 Å². The van der Waals surface area contributed by atoms with Gasteiger partial charge in [0.2, 0.25) is 0 Å². The second-order valence-corrected chi connectivity index (χ2v) is 4.74. The maximum absolute atomic E-state index is 12.2. The molecule has 1 amide bonds. The van der Waals surface area contributed by atoms with Gasteiger partial charge < -0.3 is 15.7 Å². The molecule has 0 radical (unpaired) electrons. The summed E-state index contributed by atoms with van der Waals surface area (Å²) in [7, 11) is 0. The number of nitrogens with one attached hydrogen (secondary N) is 2. The van der Waals surface area contributed by atoms with Crippen molar-refractivity contribution in [1.29, 1.82) is 0 Å². The zero-order chi connectivity index (χ0) is 15.1.